The van der Waals surface area contributed by atoms with Crippen LogP contribution in [0.3, 0.4) is 0 Å². The van der Waals surface area contributed by atoms with Crippen molar-refractivity contribution in [2.24, 2.45) is 17.6 Å². The summed E-state index contributed by atoms with van der Waals surface area (Å²) >= 11 is 0. The Labute approximate surface area is 339 Å². The Balaban J connectivity index is 0.000000179. The van der Waals surface area contributed by atoms with Gasteiger partial charge in [0.05, 0.1) is 25.3 Å². The number of anilines is 2. The lowest BCUT2D eigenvalue weighted by molar-refractivity contribution is -0.139. The van der Waals surface area contributed by atoms with Crippen molar-refractivity contribution >= 4 is 56.9 Å². The Hall–Kier alpha value is -7.36. The number of likely N-dealkylation sites (N-methyl/N-ethyl adjacent to an activating group) is 1. The van der Waals surface area contributed by atoms with Gasteiger partial charge in [-0.1, -0.05) is 76.2 Å². The van der Waals surface area contributed by atoms with E-state index in [-0.39, 0.29) is 11.8 Å². The van der Waals surface area contributed by atoms with Crippen molar-refractivity contribution in [1.29, 1.82) is 0 Å². The van der Waals surface area contributed by atoms with Gasteiger partial charge in [-0.3, -0.25) is 4.79 Å². The monoisotopic (exact) mass is 795 g/mol. The van der Waals surface area contributed by atoms with Gasteiger partial charge in [-0.15, -0.1) is 10.2 Å². The second-order valence-electron chi connectivity index (χ2n) is 14.6. The molecular weight excluding hydrogens is 751 g/mol. The van der Waals surface area contributed by atoms with E-state index in [0.717, 1.165) is 38.7 Å². The molecule has 0 aliphatic carbocycles. The Kier molecular flexibility index (Phi) is 11.2. The highest BCUT2D eigenvalue weighted by atomic mass is 16.5. The van der Waals surface area contributed by atoms with E-state index in [1.54, 1.807) is 35.2 Å². The van der Waals surface area contributed by atoms with Crippen LogP contribution in [0.5, 0.6) is 11.5 Å². The summed E-state index contributed by atoms with van der Waals surface area (Å²) in [4.78, 5) is 44.4. The van der Waals surface area contributed by atoms with Crippen LogP contribution in [0.25, 0.3) is 55.9 Å². The van der Waals surface area contributed by atoms with E-state index in [9.17, 15) is 14.7 Å². The molecule has 2 atom stereocenters. The summed E-state index contributed by atoms with van der Waals surface area (Å²) in [6.45, 7) is 7.58. The minimum Gasteiger partial charge on any atom is -0.497 e. The number of carbonyl (C=O) groups excluding carboxylic acids is 1. The molecular formula is C43H45N11O5. The highest BCUT2D eigenvalue weighted by molar-refractivity contribution is 5.94. The number of ether oxygens (including phenoxy) is 2. The first-order valence-corrected chi connectivity index (χ1v) is 19.0. The normalized spacial score (nSPS) is 12.4. The zero-order chi connectivity index (χ0) is 42.0. The summed E-state index contributed by atoms with van der Waals surface area (Å²) in [5.41, 5.74) is 9.94. The number of nitrogens with two attached hydrogens (primary N) is 1. The summed E-state index contributed by atoms with van der Waals surface area (Å²) in [5, 5.41) is 24.0. The number of carboxylic acid groups (broad SMARTS) is 1. The highest BCUT2D eigenvalue weighted by Gasteiger charge is 2.30. The number of carboxylic acids is 1. The molecule has 0 aliphatic rings. The van der Waals surface area contributed by atoms with Gasteiger partial charge >= 0.3 is 5.97 Å². The molecule has 1 amide bonds. The van der Waals surface area contributed by atoms with Crippen LogP contribution in [0.1, 0.15) is 27.7 Å². The van der Waals surface area contributed by atoms with E-state index < -0.39 is 24.0 Å². The second kappa shape index (κ2) is 16.6. The van der Waals surface area contributed by atoms with Crippen molar-refractivity contribution in [1.82, 2.24) is 39.2 Å². The van der Waals surface area contributed by atoms with E-state index in [1.165, 1.54) is 0 Å². The third-order valence-corrected chi connectivity index (χ3v) is 9.87. The van der Waals surface area contributed by atoms with Crippen molar-refractivity contribution in [2.45, 2.75) is 39.8 Å². The molecule has 0 radical (unpaired) electrons. The van der Waals surface area contributed by atoms with Gasteiger partial charge in [-0.2, -0.15) is 9.03 Å². The van der Waals surface area contributed by atoms with Gasteiger partial charge in [-0.05, 0) is 60.4 Å². The molecule has 0 saturated heterocycles. The largest absolute Gasteiger partial charge is 0.497 e. The summed E-state index contributed by atoms with van der Waals surface area (Å²) in [7, 11) is 4.95. The number of amides is 1. The molecule has 0 saturated carbocycles. The molecule has 4 aromatic carbocycles. The smallest absolute Gasteiger partial charge is 0.326 e. The Bertz CT molecular complexity index is 2820. The van der Waals surface area contributed by atoms with E-state index in [4.69, 9.17) is 30.2 Å². The lowest BCUT2D eigenvalue weighted by Gasteiger charge is -2.28. The predicted molar refractivity (Wildman–Crippen MR) is 227 cm³/mol. The van der Waals surface area contributed by atoms with Crippen LogP contribution in [-0.2, 0) is 9.59 Å². The highest BCUT2D eigenvalue weighted by Crippen LogP contribution is 2.29. The predicted octanol–water partition coefficient (Wildman–Crippen LogP) is 6.37. The van der Waals surface area contributed by atoms with Crippen LogP contribution in [-0.4, -0.2) is 89.5 Å². The number of hydrogen-bond acceptors (Lipinski definition) is 12. The fourth-order valence-electron chi connectivity index (χ4n) is 6.92. The topological polar surface area (TPSA) is 200 Å². The summed E-state index contributed by atoms with van der Waals surface area (Å²) in [6.07, 6.45) is 0. The van der Waals surface area contributed by atoms with Gasteiger partial charge < -0.3 is 30.5 Å². The van der Waals surface area contributed by atoms with Crippen LogP contribution in [0.4, 0.5) is 11.9 Å². The number of carbonyl (C=O) groups is 2. The fourth-order valence-corrected chi connectivity index (χ4v) is 6.92. The third-order valence-electron chi connectivity index (χ3n) is 9.87. The minimum atomic E-state index is -0.913. The average Bonchev–Trinajstić information content (AvgIpc) is 3.89. The molecule has 8 rings (SSSR count). The number of hydrogen-bond donors (Lipinski definition) is 3. The number of benzene rings is 4. The van der Waals surface area contributed by atoms with Gasteiger partial charge in [0.2, 0.25) is 17.8 Å². The van der Waals surface area contributed by atoms with Gasteiger partial charge in [-0.25, -0.2) is 24.7 Å². The maximum atomic E-state index is 11.9. The molecule has 0 unspecified atom stereocenters. The molecule has 0 fully saturated rings. The van der Waals surface area contributed by atoms with Crippen LogP contribution in [0.15, 0.2) is 97.1 Å². The molecule has 8 aromatic rings. The molecule has 4 N–H and O–H groups in total. The molecule has 59 heavy (non-hydrogen) atoms. The molecule has 16 nitrogen and oxygen atoms in total. The fraction of sp³-hybridized carbons (Fsp3) is 0.256. The van der Waals surface area contributed by atoms with Gasteiger partial charge in [0.15, 0.2) is 22.9 Å². The van der Waals surface area contributed by atoms with Gasteiger partial charge in [0, 0.05) is 28.9 Å². The summed E-state index contributed by atoms with van der Waals surface area (Å²) < 4.78 is 13.9. The molecule has 302 valence electrons. The second-order valence-corrected chi connectivity index (χ2v) is 14.6. The maximum Gasteiger partial charge on any atom is 0.326 e. The Morgan fingerprint density at radius 2 is 1.20 bits per heavy atom. The number of primary amides is 1. The van der Waals surface area contributed by atoms with Gasteiger partial charge in [0.25, 0.3) is 0 Å². The SMILES string of the molecule is COc1cccc(-c2nc3c4ccccc4nc(N(C)[C@@H](C(=O)O)C(C)C)n3n2)c1.COc1cccc(-c2nc3c4ccccc4nc(N[C@@H](C(N)=O)C(C)C)n3n2)c1. The lowest BCUT2D eigenvalue weighted by Crippen LogP contribution is -2.43. The summed E-state index contributed by atoms with van der Waals surface area (Å²) in [5.74, 6) is 1.80. The Morgan fingerprint density at radius 3 is 1.69 bits per heavy atom. The molecule has 0 spiro atoms. The number of methoxy groups -OCH3 is 2. The maximum absolute atomic E-state index is 11.9. The first-order valence-electron chi connectivity index (χ1n) is 19.0. The van der Waals surface area contributed by atoms with Crippen LogP contribution in [0.2, 0.25) is 0 Å². The zero-order valence-electron chi connectivity index (χ0n) is 33.7. The van der Waals surface area contributed by atoms with Crippen molar-refractivity contribution in [3.63, 3.8) is 0 Å². The number of aromatic nitrogens is 8. The number of nitrogens with zero attached hydrogens (tertiary/aromatic N) is 9. The molecule has 0 bridgehead atoms. The summed E-state index contributed by atoms with van der Waals surface area (Å²) in [6, 6.07) is 29.0. The first-order chi connectivity index (χ1) is 28.4. The van der Waals surface area contributed by atoms with Crippen molar-refractivity contribution in [3.05, 3.63) is 97.1 Å². The van der Waals surface area contributed by atoms with E-state index in [2.05, 4.69) is 20.5 Å². The number of fused-ring (bicyclic) bond motifs is 6. The number of nitrogens with one attached hydrogen (secondary N) is 1. The number of para-hydroxylation sites is 2. The van der Waals surface area contributed by atoms with E-state index in [0.29, 0.717) is 40.6 Å². The van der Waals surface area contributed by atoms with Crippen molar-refractivity contribution in [2.75, 3.05) is 31.5 Å². The number of rotatable bonds is 12. The molecule has 4 heterocycles. The van der Waals surface area contributed by atoms with E-state index >= 15 is 0 Å². The lowest BCUT2D eigenvalue weighted by atomic mass is 10.0. The molecule has 0 aliphatic heterocycles. The molecule has 4 aromatic heterocycles. The van der Waals surface area contributed by atoms with Crippen LogP contribution < -0.4 is 25.4 Å². The van der Waals surface area contributed by atoms with Crippen LogP contribution >= 0.6 is 0 Å². The zero-order valence-corrected chi connectivity index (χ0v) is 33.7. The quantitative estimate of drug-likeness (QED) is 0.123. The van der Waals surface area contributed by atoms with Crippen molar-refractivity contribution in [3.8, 4) is 34.3 Å². The third kappa shape index (κ3) is 7.97. The van der Waals surface area contributed by atoms with E-state index in [1.807, 2.05) is 125 Å². The number of aliphatic carboxylic acids is 1. The average molecular weight is 796 g/mol. The minimum absolute atomic E-state index is 0.0165. The first kappa shape index (κ1) is 39.9. The Morgan fingerprint density at radius 1 is 0.695 bits per heavy atom. The standard InChI is InChI=1S/C22H23N5O3.C21H22N6O2/c1-13(2)18(21(28)29)26(3)22-23-17-11-6-5-10-16(17)20-24-19(25-27(20)22)14-8-7-9-15(12-14)30-4;1-12(2)17(18(22)28)24-21-23-16-10-5-4-9-15(16)20-25-19(26-27(20)21)13-7-6-8-14(11-13)29-3/h5-13,18H,1-4H3,(H,28,29);4-12,17H,1-3H3,(H2,22,28)(H,23,24)/t18-;17-/m11/s1. The van der Waals surface area contributed by atoms with Crippen LogP contribution in [0, 0.1) is 11.8 Å². The molecule has 16 heteroatoms. The van der Waals surface area contributed by atoms with Crippen molar-refractivity contribution < 1.29 is 24.2 Å². The van der Waals surface area contributed by atoms with Gasteiger partial charge in [0.1, 0.15) is 23.6 Å².